The number of rotatable bonds is 8. The summed E-state index contributed by atoms with van der Waals surface area (Å²) in [6.07, 6.45) is 9.21. The molecule has 1 aromatic heterocycles. The van der Waals surface area contributed by atoms with Crippen molar-refractivity contribution in [2.45, 2.75) is 88.5 Å². The van der Waals surface area contributed by atoms with E-state index in [4.69, 9.17) is 9.47 Å². The number of amides is 1. The molecule has 2 aliphatic heterocycles. The highest BCUT2D eigenvalue weighted by Gasteiger charge is 2.75. The number of benzene rings is 1. The molecule has 5 aliphatic rings. The minimum atomic E-state index is -0.654. The van der Waals surface area contributed by atoms with Crippen LogP contribution in [0, 0.1) is 11.8 Å². The molecule has 0 radical (unpaired) electrons. The Morgan fingerprint density at radius 3 is 2.80 bits per heavy atom. The molecule has 0 unspecified atom stereocenters. The molecule has 2 bridgehead atoms. The van der Waals surface area contributed by atoms with Crippen molar-refractivity contribution in [3.05, 3.63) is 56.2 Å². The summed E-state index contributed by atoms with van der Waals surface area (Å²) in [7, 11) is 0. The van der Waals surface area contributed by atoms with E-state index in [0.29, 0.717) is 12.5 Å². The van der Waals surface area contributed by atoms with E-state index in [9.17, 15) is 9.59 Å². The molecule has 7 rings (SSSR count). The van der Waals surface area contributed by atoms with Crippen molar-refractivity contribution < 1.29 is 19.1 Å². The number of carbonyl (C=O) groups excluding carboxylic acids is 2. The highest BCUT2D eigenvalue weighted by atomic mass is 79.9. The summed E-state index contributed by atoms with van der Waals surface area (Å²) >= 11 is 5.13. The van der Waals surface area contributed by atoms with Gasteiger partial charge in [0.2, 0.25) is 5.91 Å². The molecule has 0 N–H and O–H groups in total. The summed E-state index contributed by atoms with van der Waals surface area (Å²) in [4.78, 5) is 32.6. The Morgan fingerprint density at radius 2 is 2.10 bits per heavy atom. The molecule has 1 saturated heterocycles. The Balaban J connectivity index is 1.31. The van der Waals surface area contributed by atoms with E-state index in [1.807, 2.05) is 17.5 Å². The topological polar surface area (TPSA) is 59.1 Å². The van der Waals surface area contributed by atoms with Crippen LogP contribution in [-0.2, 0) is 26.2 Å². The molecule has 3 aliphatic carbocycles. The molecule has 1 spiro atoms. The van der Waals surface area contributed by atoms with Crippen LogP contribution < -0.4 is 4.74 Å². The summed E-state index contributed by atoms with van der Waals surface area (Å²) < 4.78 is 14.6. The second-order valence-corrected chi connectivity index (χ2v) is 15.0. The molecule has 6 nitrogen and oxygen atoms in total. The van der Waals surface area contributed by atoms with Gasteiger partial charge in [0.15, 0.2) is 0 Å². The first-order valence-corrected chi connectivity index (χ1v) is 16.8. The molecule has 41 heavy (non-hydrogen) atoms. The largest absolute Gasteiger partial charge is 0.487 e. The summed E-state index contributed by atoms with van der Waals surface area (Å²) in [6.45, 7) is 8.59. The second kappa shape index (κ2) is 10.2. The van der Waals surface area contributed by atoms with Crippen molar-refractivity contribution in [2.24, 2.45) is 11.8 Å². The van der Waals surface area contributed by atoms with Gasteiger partial charge >= 0.3 is 5.97 Å². The van der Waals surface area contributed by atoms with Gasteiger partial charge in [-0.25, -0.2) is 0 Å². The van der Waals surface area contributed by atoms with E-state index in [-0.39, 0.29) is 30.1 Å². The smallest absolute Gasteiger partial charge is 0.303 e. The quantitative estimate of drug-likeness (QED) is 0.254. The minimum absolute atomic E-state index is 0.0166. The Morgan fingerprint density at radius 1 is 1.27 bits per heavy atom. The van der Waals surface area contributed by atoms with Crippen LogP contribution in [0.5, 0.6) is 5.75 Å². The third-order valence-corrected chi connectivity index (χ3v) is 11.8. The Labute approximate surface area is 255 Å². The van der Waals surface area contributed by atoms with Crippen LogP contribution in [0.2, 0.25) is 0 Å². The van der Waals surface area contributed by atoms with Gasteiger partial charge in [-0.05, 0) is 96.6 Å². The first-order valence-electron chi connectivity index (χ1n) is 15.2. The zero-order valence-electron chi connectivity index (χ0n) is 24.1. The monoisotopic (exact) mass is 638 g/mol. The number of halogens is 1. The molecule has 1 amide bonds. The van der Waals surface area contributed by atoms with Gasteiger partial charge in [0, 0.05) is 46.4 Å². The van der Waals surface area contributed by atoms with Crippen LogP contribution >= 0.6 is 27.3 Å². The van der Waals surface area contributed by atoms with Crippen LogP contribution in [-0.4, -0.2) is 65.1 Å². The summed E-state index contributed by atoms with van der Waals surface area (Å²) in [5.41, 5.74) is 1.45. The molecule has 3 fully saturated rings. The van der Waals surface area contributed by atoms with Gasteiger partial charge in [0.05, 0.1) is 17.5 Å². The number of hydrogen-bond acceptors (Lipinski definition) is 6. The third-order valence-electron chi connectivity index (χ3n) is 10.1. The van der Waals surface area contributed by atoms with Crippen molar-refractivity contribution in [1.82, 2.24) is 9.80 Å². The van der Waals surface area contributed by atoms with E-state index in [0.717, 1.165) is 59.8 Å². The first kappa shape index (κ1) is 27.7. The lowest BCUT2D eigenvalue weighted by molar-refractivity contribution is -0.224. The maximum atomic E-state index is 14.0. The lowest BCUT2D eigenvalue weighted by Crippen LogP contribution is -2.79. The van der Waals surface area contributed by atoms with Gasteiger partial charge in [0.1, 0.15) is 17.5 Å². The fourth-order valence-electron chi connectivity index (χ4n) is 8.63. The van der Waals surface area contributed by atoms with E-state index in [1.54, 1.807) is 24.3 Å². The maximum absolute atomic E-state index is 14.0. The van der Waals surface area contributed by atoms with Gasteiger partial charge in [-0.1, -0.05) is 26.0 Å². The van der Waals surface area contributed by atoms with E-state index >= 15 is 0 Å². The zero-order valence-corrected chi connectivity index (χ0v) is 26.5. The SMILES string of the molecule is CC(=O)O[C@@]12CC[C@H](N(CC(C)C)C(=O)/C=C/c3cc(Br)cs3)[C@@H]3Oc4cccc5c4[C@@]31CCN(CC1CC1)[C@@H]2C5. The average molecular weight is 640 g/mol. The fourth-order valence-corrected chi connectivity index (χ4v) is 9.96. The number of hydrogen-bond donors (Lipinski definition) is 0. The summed E-state index contributed by atoms with van der Waals surface area (Å²) in [6, 6.07) is 8.49. The third kappa shape index (κ3) is 4.42. The van der Waals surface area contributed by atoms with E-state index in [2.05, 4.69) is 57.8 Å². The van der Waals surface area contributed by atoms with Crippen molar-refractivity contribution in [3.63, 3.8) is 0 Å². The minimum Gasteiger partial charge on any atom is -0.487 e. The van der Waals surface area contributed by atoms with E-state index < -0.39 is 11.0 Å². The maximum Gasteiger partial charge on any atom is 0.303 e. The van der Waals surface area contributed by atoms with Crippen LogP contribution in [0.4, 0.5) is 0 Å². The van der Waals surface area contributed by atoms with Crippen LogP contribution in [0.15, 0.2) is 40.2 Å². The van der Waals surface area contributed by atoms with Gasteiger partial charge in [-0.2, -0.15) is 0 Å². The Hall–Kier alpha value is -2.16. The predicted molar refractivity (Wildman–Crippen MR) is 164 cm³/mol. The lowest BCUT2D eigenvalue weighted by atomic mass is 9.48. The number of nitrogens with zero attached hydrogens (tertiary/aromatic N) is 2. The van der Waals surface area contributed by atoms with Crippen LogP contribution in [0.25, 0.3) is 6.08 Å². The molecule has 2 saturated carbocycles. The van der Waals surface area contributed by atoms with Crippen LogP contribution in [0.3, 0.4) is 0 Å². The molecule has 3 heterocycles. The van der Waals surface area contributed by atoms with Gasteiger partial charge in [0.25, 0.3) is 0 Å². The number of likely N-dealkylation sites (tertiary alicyclic amines) is 1. The average Bonchev–Trinajstić information content (AvgIpc) is 3.53. The molecule has 2 aromatic rings. The second-order valence-electron chi connectivity index (χ2n) is 13.2. The fraction of sp³-hybridized carbons (Fsp3) is 0.576. The van der Waals surface area contributed by atoms with Gasteiger partial charge in [-0.3, -0.25) is 14.5 Å². The molecule has 1 aromatic carbocycles. The van der Waals surface area contributed by atoms with Gasteiger partial charge < -0.3 is 14.4 Å². The highest BCUT2D eigenvalue weighted by molar-refractivity contribution is 9.10. The summed E-state index contributed by atoms with van der Waals surface area (Å²) in [5, 5.41) is 2.03. The predicted octanol–water partition coefficient (Wildman–Crippen LogP) is 6.21. The lowest BCUT2D eigenvalue weighted by Gasteiger charge is -2.65. The number of thiophene rings is 1. The van der Waals surface area contributed by atoms with Gasteiger partial charge in [-0.15, -0.1) is 11.3 Å². The number of esters is 1. The molecule has 5 atom stereocenters. The first-order chi connectivity index (χ1) is 19.7. The van der Waals surface area contributed by atoms with E-state index in [1.165, 1.54) is 24.0 Å². The van der Waals surface area contributed by atoms with Crippen LogP contribution in [0.1, 0.15) is 68.9 Å². The molecule has 218 valence electrons. The molecule has 8 heteroatoms. The highest BCUT2D eigenvalue weighted by Crippen LogP contribution is 2.66. The normalized spacial score (nSPS) is 31.7. The number of piperidine rings is 1. The summed E-state index contributed by atoms with van der Waals surface area (Å²) in [5.74, 6) is 1.78. The Bertz CT molecular complexity index is 1400. The number of ether oxygens (including phenoxy) is 2. The number of carbonyl (C=O) groups is 2. The van der Waals surface area contributed by atoms with Crippen molar-refractivity contribution in [2.75, 3.05) is 19.6 Å². The standard InChI is InChI=1S/C33H39BrN2O4S/c1-20(2)17-36(29(38)10-9-25-16-24(34)19-41-25)26-11-12-33(40-21(3)37)28-15-23-5-4-6-27-30(23)32(33,31(26)39-27)13-14-35(28)18-22-7-8-22/h4-6,9-10,16,19-20,22,26,28,31H,7-8,11-15,17-18H2,1-3H3/b10-9+/t26-,28+,31-,32-,33+/m0/s1. The van der Waals surface area contributed by atoms with Crippen molar-refractivity contribution >= 4 is 45.2 Å². The molecular formula is C33H39BrN2O4S. The zero-order chi connectivity index (χ0) is 28.5. The van der Waals surface area contributed by atoms with Crippen molar-refractivity contribution in [3.8, 4) is 5.75 Å². The molecular weight excluding hydrogens is 600 g/mol. The Kier molecular flexibility index (Phi) is 6.90. The van der Waals surface area contributed by atoms with Crippen molar-refractivity contribution in [1.29, 1.82) is 0 Å².